The van der Waals surface area contributed by atoms with Crippen molar-refractivity contribution in [3.05, 3.63) is 133 Å². The molecule has 0 atom stereocenters. The molecule has 136 valence electrons. The fraction of sp³-hybridized carbons (Fsp3) is 0. The predicted molar refractivity (Wildman–Crippen MR) is 122 cm³/mol. The molecule has 0 bridgehead atoms. The molecule has 0 amide bonds. The molecule has 4 aromatic rings. The molecule has 2 heteroatoms. The third-order valence-corrected chi connectivity index (χ3v) is 8.85. The second-order valence-corrected chi connectivity index (χ2v) is 9.86. The fourth-order valence-corrected chi connectivity index (χ4v) is 7.31. The van der Waals surface area contributed by atoms with Crippen molar-refractivity contribution in [2.24, 2.45) is 0 Å². The normalized spacial score (nSPS) is 11.9. The van der Waals surface area contributed by atoms with Gasteiger partial charge in [-0.05, 0) is 36.4 Å². The lowest BCUT2D eigenvalue weighted by molar-refractivity contribution is 0.513. The number of benzene rings is 4. The summed E-state index contributed by atoms with van der Waals surface area (Å²) >= 11 is 0. The quantitative estimate of drug-likeness (QED) is 0.356. The molecule has 0 saturated heterocycles. The van der Waals surface area contributed by atoms with Crippen LogP contribution in [-0.2, 0) is 0 Å². The minimum absolute atomic E-state index is 0.311. The fourth-order valence-electron chi connectivity index (χ4n) is 3.53. The molecule has 0 aliphatic carbocycles. The first-order chi connectivity index (χ1) is 13.8. The lowest BCUT2D eigenvalue weighted by atomic mass is 10.2. The van der Waals surface area contributed by atoms with Crippen LogP contribution in [0.1, 0.15) is 5.56 Å². The van der Waals surface area contributed by atoms with E-state index in [1.807, 2.05) is 48.5 Å². The number of rotatable bonds is 5. The van der Waals surface area contributed by atoms with Crippen LogP contribution < -0.4 is 15.9 Å². The van der Waals surface area contributed by atoms with Crippen LogP contribution in [0.4, 0.5) is 0 Å². The van der Waals surface area contributed by atoms with E-state index < -0.39 is 7.26 Å². The molecule has 0 spiro atoms. The Bertz CT molecular complexity index is 946. The predicted octanol–water partition coefficient (Wildman–Crippen LogP) is 5.54. The van der Waals surface area contributed by atoms with Crippen LogP contribution in [0.3, 0.4) is 0 Å². The van der Waals surface area contributed by atoms with E-state index in [2.05, 4.69) is 78.6 Å². The highest BCUT2D eigenvalue weighted by molar-refractivity contribution is 7.98. The molecule has 0 aromatic heterocycles. The summed E-state index contributed by atoms with van der Waals surface area (Å²) in [6.45, 7) is 0. The van der Waals surface area contributed by atoms with E-state index in [-0.39, 0.29) is 0 Å². The Hall–Kier alpha value is -3.15. The first kappa shape index (κ1) is 18.2. The Morgan fingerprint density at radius 3 is 1.18 bits per heavy atom. The summed E-state index contributed by atoms with van der Waals surface area (Å²) < 4.78 is 0. The van der Waals surface area contributed by atoms with Crippen LogP contribution >= 0.6 is 7.26 Å². The van der Waals surface area contributed by atoms with Crippen molar-refractivity contribution in [2.45, 2.75) is 0 Å². The van der Waals surface area contributed by atoms with Crippen LogP contribution in [0, 0.1) is 0 Å². The highest BCUT2D eigenvalue weighted by Crippen LogP contribution is 2.58. The Labute approximate surface area is 167 Å². The molecule has 0 heterocycles. The summed E-state index contributed by atoms with van der Waals surface area (Å²) in [5.41, 5.74) is 0.828. The zero-order valence-electron chi connectivity index (χ0n) is 15.5. The smallest absolute Gasteiger partial charge is 0.158 e. The van der Waals surface area contributed by atoms with E-state index in [1.54, 1.807) is 0 Å². The lowest BCUT2D eigenvalue weighted by Gasteiger charge is -2.24. The van der Waals surface area contributed by atoms with Gasteiger partial charge in [0.25, 0.3) is 0 Å². The Morgan fingerprint density at radius 2 is 0.821 bits per heavy atom. The van der Waals surface area contributed by atoms with E-state index >= 15 is 0 Å². The Morgan fingerprint density at radius 1 is 0.500 bits per heavy atom. The van der Waals surface area contributed by atoms with Gasteiger partial charge in [0, 0.05) is 5.56 Å². The van der Waals surface area contributed by atoms with Crippen LogP contribution in [0.2, 0.25) is 0 Å². The maximum atomic E-state index is 11.1. The van der Waals surface area contributed by atoms with Crippen molar-refractivity contribution in [1.29, 1.82) is 0 Å². The molecule has 0 radical (unpaired) electrons. The Balaban J connectivity index is 2.04. The minimum atomic E-state index is -2.19. The second-order valence-electron chi connectivity index (χ2n) is 6.61. The highest BCUT2D eigenvalue weighted by atomic mass is 31.2. The van der Waals surface area contributed by atoms with Crippen LogP contribution in [0.25, 0.3) is 5.76 Å². The summed E-state index contributed by atoms with van der Waals surface area (Å²) in [6.07, 6.45) is 0. The molecule has 0 unspecified atom stereocenters. The molecule has 0 aliphatic heterocycles. The van der Waals surface area contributed by atoms with E-state index in [1.165, 1.54) is 15.9 Å². The molecule has 28 heavy (non-hydrogen) atoms. The van der Waals surface area contributed by atoms with Crippen LogP contribution in [0.15, 0.2) is 127 Å². The molecule has 1 N–H and O–H groups in total. The minimum Gasteiger partial charge on any atom is -0.504 e. The van der Waals surface area contributed by atoms with Gasteiger partial charge in [0.1, 0.15) is 29.0 Å². The summed E-state index contributed by atoms with van der Waals surface area (Å²) in [5, 5.41) is 14.8. The molecular weight excluding hydrogens is 359 g/mol. The van der Waals surface area contributed by atoms with E-state index in [4.69, 9.17) is 0 Å². The van der Waals surface area contributed by atoms with Gasteiger partial charge in [0.05, 0.1) is 0 Å². The van der Waals surface area contributed by atoms with Crippen molar-refractivity contribution in [1.82, 2.24) is 0 Å². The van der Waals surface area contributed by atoms with Crippen molar-refractivity contribution in [3.8, 4) is 0 Å². The van der Waals surface area contributed by atoms with Crippen LogP contribution in [0.5, 0.6) is 0 Å². The van der Waals surface area contributed by atoms with E-state index in [0.717, 1.165) is 5.56 Å². The molecule has 0 fully saturated rings. The topological polar surface area (TPSA) is 20.2 Å². The number of aliphatic hydroxyl groups excluding tert-OH is 1. The molecule has 0 saturated carbocycles. The number of aliphatic hydroxyl groups is 1. The summed E-state index contributed by atoms with van der Waals surface area (Å²) in [4.78, 5) is 0. The van der Waals surface area contributed by atoms with E-state index in [0.29, 0.717) is 5.76 Å². The van der Waals surface area contributed by atoms with Gasteiger partial charge in [-0.15, -0.1) is 0 Å². The largest absolute Gasteiger partial charge is 0.504 e. The highest BCUT2D eigenvalue weighted by Gasteiger charge is 2.44. The average molecular weight is 381 g/mol. The van der Waals surface area contributed by atoms with Gasteiger partial charge in [0.15, 0.2) is 5.76 Å². The molecule has 0 aliphatic rings. The summed E-state index contributed by atoms with van der Waals surface area (Å²) in [7, 11) is -2.19. The molecule has 4 aromatic carbocycles. The van der Waals surface area contributed by atoms with Gasteiger partial charge >= 0.3 is 0 Å². The third-order valence-electron chi connectivity index (χ3n) is 4.88. The van der Waals surface area contributed by atoms with Gasteiger partial charge in [0.2, 0.25) is 0 Å². The zero-order valence-corrected chi connectivity index (χ0v) is 16.4. The SMILES string of the molecule is O/C(=C/[P+](c1ccccc1)(c1ccccc1)c1ccccc1)c1ccccc1. The van der Waals surface area contributed by atoms with Gasteiger partial charge in [-0.25, -0.2) is 0 Å². The summed E-state index contributed by atoms with van der Waals surface area (Å²) in [6, 6.07) is 41.3. The Kier molecular flexibility index (Phi) is 5.37. The second kappa shape index (κ2) is 8.25. The maximum absolute atomic E-state index is 11.1. The number of hydrogen-bond donors (Lipinski definition) is 1. The lowest BCUT2D eigenvalue weighted by Crippen LogP contribution is -2.29. The number of hydrogen-bond acceptors (Lipinski definition) is 1. The first-order valence-electron chi connectivity index (χ1n) is 9.33. The third kappa shape index (κ3) is 3.50. The van der Waals surface area contributed by atoms with Crippen molar-refractivity contribution >= 4 is 28.9 Å². The average Bonchev–Trinajstić information content (AvgIpc) is 2.80. The monoisotopic (exact) mass is 381 g/mol. The molecular formula is C26H22OP+. The first-order valence-corrected chi connectivity index (χ1v) is 11.2. The van der Waals surface area contributed by atoms with Crippen LogP contribution in [-0.4, -0.2) is 5.11 Å². The zero-order chi connectivity index (χ0) is 19.2. The molecule has 1 nitrogen and oxygen atoms in total. The van der Waals surface area contributed by atoms with Gasteiger partial charge in [-0.1, -0.05) is 84.9 Å². The van der Waals surface area contributed by atoms with Gasteiger partial charge in [-0.3, -0.25) is 0 Å². The van der Waals surface area contributed by atoms with Gasteiger partial charge in [-0.2, -0.15) is 0 Å². The van der Waals surface area contributed by atoms with Crippen molar-refractivity contribution < 1.29 is 5.11 Å². The van der Waals surface area contributed by atoms with E-state index in [9.17, 15) is 5.11 Å². The maximum Gasteiger partial charge on any atom is 0.158 e. The molecule has 4 rings (SSSR count). The standard InChI is InChI=1S/C26H21OP/c27-26(22-13-5-1-6-14-22)21-28(23-15-7-2-8-16-23,24-17-9-3-10-18-24)25-19-11-4-12-20-25/h1-21H/p+1/b26-21+. The van der Waals surface area contributed by atoms with Crippen molar-refractivity contribution in [3.63, 3.8) is 0 Å². The van der Waals surface area contributed by atoms with Gasteiger partial charge < -0.3 is 5.11 Å². The van der Waals surface area contributed by atoms with Crippen molar-refractivity contribution in [2.75, 3.05) is 0 Å². The summed E-state index contributed by atoms with van der Waals surface area (Å²) in [5.74, 6) is 2.40.